The van der Waals surface area contributed by atoms with Gasteiger partial charge in [-0.2, -0.15) is 0 Å². The van der Waals surface area contributed by atoms with Gasteiger partial charge in [0.2, 0.25) is 0 Å². The van der Waals surface area contributed by atoms with Gasteiger partial charge in [-0.25, -0.2) is 0 Å². The number of carbonyl (C=O) groups is 1. The fourth-order valence-electron chi connectivity index (χ4n) is 2.89. The molecule has 0 aliphatic carbocycles. The highest BCUT2D eigenvalue weighted by Crippen LogP contribution is 2.30. The van der Waals surface area contributed by atoms with E-state index in [0.717, 1.165) is 25.9 Å². The molecule has 1 N–H and O–H groups in total. The van der Waals surface area contributed by atoms with Crippen molar-refractivity contribution in [3.8, 4) is 0 Å². The first-order chi connectivity index (χ1) is 7.64. The van der Waals surface area contributed by atoms with Crippen LogP contribution in [0.5, 0.6) is 0 Å². The molecule has 1 aliphatic rings. The maximum atomic E-state index is 11.0. The van der Waals surface area contributed by atoms with Crippen LogP contribution in [0.2, 0.25) is 0 Å². The molecule has 0 spiro atoms. The number of likely N-dealkylation sites (tertiary alicyclic amines) is 1. The third-order valence-electron chi connectivity index (χ3n) is 4.07. The van der Waals surface area contributed by atoms with E-state index in [1.54, 1.807) is 0 Å². The average molecular weight is 227 g/mol. The Kier molecular flexibility index (Phi) is 5.26. The number of hydrogen-bond donors (Lipinski definition) is 1. The molecule has 0 radical (unpaired) electrons. The smallest absolute Gasteiger partial charge is 0.305 e. The first-order valence-corrected chi connectivity index (χ1v) is 6.61. The summed E-state index contributed by atoms with van der Waals surface area (Å²) in [7, 11) is 0. The lowest BCUT2D eigenvalue weighted by Gasteiger charge is -2.42. The van der Waals surface area contributed by atoms with E-state index in [9.17, 15) is 4.79 Å². The fraction of sp³-hybridized carbons (Fsp3) is 0.923. The predicted octanol–water partition coefficient (Wildman–Crippen LogP) is 2.90. The molecule has 1 saturated heterocycles. The molecule has 0 aromatic heterocycles. The van der Waals surface area contributed by atoms with Crippen LogP contribution in [0.25, 0.3) is 0 Å². The Morgan fingerprint density at radius 2 is 1.62 bits per heavy atom. The number of carboxylic acids is 1. The van der Waals surface area contributed by atoms with Gasteiger partial charge in [-0.3, -0.25) is 9.69 Å². The zero-order chi connectivity index (χ0) is 12.0. The van der Waals surface area contributed by atoms with Gasteiger partial charge >= 0.3 is 5.97 Å². The van der Waals surface area contributed by atoms with Crippen LogP contribution in [0.3, 0.4) is 0 Å². The maximum Gasteiger partial charge on any atom is 0.305 e. The minimum absolute atomic E-state index is 0.101. The summed E-state index contributed by atoms with van der Waals surface area (Å²) in [5.41, 5.74) is -0.101. The summed E-state index contributed by atoms with van der Waals surface area (Å²) in [5.74, 6) is -0.659. The third-order valence-corrected chi connectivity index (χ3v) is 4.07. The van der Waals surface area contributed by atoms with Crippen LogP contribution >= 0.6 is 0 Å². The largest absolute Gasteiger partial charge is 0.481 e. The number of hydrogen-bond acceptors (Lipinski definition) is 2. The molecule has 0 aromatic carbocycles. The standard InChI is InChI=1S/C13H25NO2/c1-3-13(4-2,11-12(15)16)14-9-7-5-6-8-10-14/h3-11H2,1-2H3,(H,15,16). The molecule has 0 aromatic rings. The molecular weight excluding hydrogens is 202 g/mol. The highest BCUT2D eigenvalue weighted by molar-refractivity contribution is 5.68. The molecule has 1 heterocycles. The lowest BCUT2D eigenvalue weighted by Crippen LogP contribution is -2.49. The van der Waals surface area contributed by atoms with Crippen LogP contribution in [0.15, 0.2) is 0 Å². The van der Waals surface area contributed by atoms with E-state index in [2.05, 4.69) is 18.7 Å². The Bertz CT molecular complexity index is 216. The van der Waals surface area contributed by atoms with Crippen molar-refractivity contribution in [2.45, 2.75) is 64.3 Å². The molecule has 1 fully saturated rings. The second kappa shape index (κ2) is 6.24. The van der Waals surface area contributed by atoms with Crippen molar-refractivity contribution < 1.29 is 9.90 Å². The summed E-state index contributed by atoms with van der Waals surface area (Å²) in [5, 5.41) is 9.09. The summed E-state index contributed by atoms with van der Waals surface area (Å²) >= 11 is 0. The van der Waals surface area contributed by atoms with Gasteiger partial charge in [0.05, 0.1) is 6.42 Å². The maximum absolute atomic E-state index is 11.0. The van der Waals surface area contributed by atoms with Gasteiger partial charge in [0.15, 0.2) is 0 Å². The van der Waals surface area contributed by atoms with E-state index in [4.69, 9.17) is 5.11 Å². The lowest BCUT2D eigenvalue weighted by atomic mass is 9.86. The van der Waals surface area contributed by atoms with E-state index in [0.29, 0.717) is 6.42 Å². The zero-order valence-corrected chi connectivity index (χ0v) is 10.7. The Balaban J connectivity index is 2.76. The molecule has 1 aliphatic heterocycles. The summed E-state index contributed by atoms with van der Waals surface area (Å²) < 4.78 is 0. The van der Waals surface area contributed by atoms with E-state index in [-0.39, 0.29) is 5.54 Å². The second-order valence-electron chi connectivity index (χ2n) is 4.90. The topological polar surface area (TPSA) is 40.5 Å². The Labute approximate surface area is 98.8 Å². The molecule has 0 atom stereocenters. The average Bonchev–Trinajstić information content (AvgIpc) is 2.54. The van der Waals surface area contributed by atoms with Crippen LogP contribution in [0, 0.1) is 0 Å². The van der Waals surface area contributed by atoms with Crippen molar-refractivity contribution >= 4 is 5.97 Å². The third kappa shape index (κ3) is 3.21. The normalized spacial score (nSPS) is 19.4. The molecule has 0 amide bonds. The molecule has 0 unspecified atom stereocenters. The van der Waals surface area contributed by atoms with Crippen LogP contribution < -0.4 is 0 Å². The van der Waals surface area contributed by atoms with Crippen LogP contribution in [0.4, 0.5) is 0 Å². The van der Waals surface area contributed by atoms with Gasteiger partial charge < -0.3 is 5.11 Å². The minimum atomic E-state index is -0.659. The molecule has 16 heavy (non-hydrogen) atoms. The summed E-state index contributed by atoms with van der Waals surface area (Å²) in [4.78, 5) is 13.5. The molecule has 0 bridgehead atoms. The SMILES string of the molecule is CCC(CC)(CC(=O)O)N1CCCCCC1. The second-order valence-corrected chi connectivity index (χ2v) is 4.90. The Hall–Kier alpha value is -0.570. The highest BCUT2D eigenvalue weighted by atomic mass is 16.4. The van der Waals surface area contributed by atoms with Crippen molar-refractivity contribution in [3.05, 3.63) is 0 Å². The lowest BCUT2D eigenvalue weighted by molar-refractivity contribution is -0.140. The van der Waals surface area contributed by atoms with E-state index in [1.807, 2.05) is 0 Å². The number of carboxylic acid groups (broad SMARTS) is 1. The van der Waals surface area contributed by atoms with Crippen LogP contribution in [-0.2, 0) is 4.79 Å². The van der Waals surface area contributed by atoms with Gasteiger partial charge in [0, 0.05) is 5.54 Å². The van der Waals surface area contributed by atoms with Crippen molar-refractivity contribution in [1.29, 1.82) is 0 Å². The Morgan fingerprint density at radius 1 is 1.12 bits per heavy atom. The number of nitrogens with zero attached hydrogens (tertiary/aromatic N) is 1. The Morgan fingerprint density at radius 3 is 2.00 bits per heavy atom. The first-order valence-electron chi connectivity index (χ1n) is 6.61. The van der Waals surface area contributed by atoms with Crippen molar-refractivity contribution in [1.82, 2.24) is 4.90 Å². The fourth-order valence-corrected chi connectivity index (χ4v) is 2.89. The van der Waals surface area contributed by atoms with Crippen LogP contribution in [0.1, 0.15) is 58.8 Å². The van der Waals surface area contributed by atoms with E-state index < -0.39 is 5.97 Å². The summed E-state index contributed by atoms with van der Waals surface area (Å²) in [6.07, 6.45) is 7.22. The van der Waals surface area contributed by atoms with E-state index >= 15 is 0 Å². The molecule has 3 heteroatoms. The van der Waals surface area contributed by atoms with Gasteiger partial charge in [0.25, 0.3) is 0 Å². The number of rotatable bonds is 5. The summed E-state index contributed by atoms with van der Waals surface area (Å²) in [6.45, 7) is 6.40. The molecule has 1 rings (SSSR count). The van der Waals surface area contributed by atoms with Gasteiger partial charge in [-0.1, -0.05) is 26.7 Å². The van der Waals surface area contributed by atoms with Gasteiger partial charge in [-0.15, -0.1) is 0 Å². The molecule has 0 saturated carbocycles. The quantitative estimate of drug-likeness (QED) is 0.785. The highest BCUT2D eigenvalue weighted by Gasteiger charge is 2.35. The van der Waals surface area contributed by atoms with E-state index in [1.165, 1.54) is 25.7 Å². The molecule has 94 valence electrons. The predicted molar refractivity (Wildman–Crippen MR) is 65.6 cm³/mol. The van der Waals surface area contributed by atoms with Crippen molar-refractivity contribution in [2.24, 2.45) is 0 Å². The van der Waals surface area contributed by atoms with Crippen LogP contribution in [-0.4, -0.2) is 34.6 Å². The van der Waals surface area contributed by atoms with Crippen molar-refractivity contribution in [2.75, 3.05) is 13.1 Å². The molecule has 3 nitrogen and oxygen atoms in total. The van der Waals surface area contributed by atoms with Gasteiger partial charge in [-0.05, 0) is 38.8 Å². The minimum Gasteiger partial charge on any atom is -0.481 e. The molecular formula is C13H25NO2. The first kappa shape index (κ1) is 13.5. The van der Waals surface area contributed by atoms with Gasteiger partial charge in [0.1, 0.15) is 0 Å². The van der Waals surface area contributed by atoms with Crippen molar-refractivity contribution in [3.63, 3.8) is 0 Å². The zero-order valence-electron chi connectivity index (χ0n) is 10.7. The number of aliphatic carboxylic acids is 1. The monoisotopic (exact) mass is 227 g/mol. The summed E-state index contributed by atoms with van der Waals surface area (Å²) in [6, 6.07) is 0.